The molecular formula is C22H22N4O2. The summed E-state index contributed by atoms with van der Waals surface area (Å²) in [6.07, 6.45) is 2.02. The molecule has 2 aromatic carbocycles. The third-order valence-corrected chi connectivity index (χ3v) is 4.09. The topological polar surface area (TPSA) is 83.1 Å². The number of benzene rings is 2. The average molecular weight is 374 g/mol. The molecule has 3 rings (SSSR count). The molecule has 1 aromatic heterocycles. The predicted octanol–water partition coefficient (Wildman–Crippen LogP) is 4.29. The lowest BCUT2D eigenvalue weighted by molar-refractivity contribution is -0.115. The monoisotopic (exact) mass is 374 g/mol. The van der Waals surface area contributed by atoms with E-state index in [2.05, 4.69) is 20.9 Å². The number of anilines is 3. The Kier molecular flexibility index (Phi) is 6.36. The van der Waals surface area contributed by atoms with Gasteiger partial charge >= 0.3 is 0 Å². The number of nitrogens with one attached hydrogen (secondary N) is 3. The van der Waals surface area contributed by atoms with E-state index in [1.807, 2.05) is 36.4 Å². The summed E-state index contributed by atoms with van der Waals surface area (Å²) in [7, 11) is 0. The molecule has 3 N–H and O–H groups in total. The molecule has 0 aliphatic carbocycles. The summed E-state index contributed by atoms with van der Waals surface area (Å²) in [6.45, 7) is 2.47. The van der Waals surface area contributed by atoms with Gasteiger partial charge in [-0.1, -0.05) is 37.3 Å². The van der Waals surface area contributed by atoms with E-state index in [9.17, 15) is 9.59 Å². The molecule has 0 fully saturated rings. The van der Waals surface area contributed by atoms with E-state index in [-0.39, 0.29) is 11.8 Å². The number of hydrogen-bond donors (Lipinski definition) is 3. The van der Waals surface area contributed by atoms with Crippen LogP contribution in [0.4, 0.5) is 17.2 Å². The summed E-state index contributed by atoms with van der Waals surface area (Å²) < 4.78 is 0. The summed E-state index contributed by atoms with van der Waals surface area (Å²) in [6, 6.07) is 20.4. The standard InChI is InChI=1S/C22H22N4O2/c1-2-21(27)25-18-10-8-17(9-11-18)22(28)26-19-12-13-20(24-15-19)23-14-16-6-4-3-5-7-16/h3-13,15H,2,14H2,1H3,(H,23,24)(H,25,27)(H,26,28). The molecule has 0 bridgehead atoms. The molecular weight excluding hydrogens is 352 g/mol. The molecule has 0 atom stereocenters. The Labute approximate surface area is 164 Å². The van der Waals surface area contributed by atoms with Crippen LogP contribution in [-0.2, 0) is 11.3 Å². The molecule has 0 aliphatic rings. The van der Waals surface area contributed by atoms with E-state index in [0.29, 0.717) is 29.9 Å². The second-order valence-electron chi connectivity index (χ2n) is 6.20. The maximum absolute atomic E-state index is 12.4. The zero-order chi connectivity index (χ0) is 19.8. The lowest BCUT2D eigenvalue weighted by Crippen LogP contribution is -2.13. The molecule has 142 valence electrons. The number of aromatic nitrogens is 1. The fourth-order valence-electron chi connectivity index (χ4n) is 2.52. The van der Waals surface area contributed by atoms with Crippen LogP contribution < -0.4 is 16.0 Å². The molecule has 3 aromatic rings. The fraction of sp³-hybridized carbons (Fsp3) is 0.136. The van der Waals surface area contributed by atoms with Gasteiger partial charge in [0.15, 0.2) is 0 Å². The first-order valence-electron chi connectivity index (χ1n) is 9.09. The van der Waals surface area contributed by atoms with Crippen molar-refractivity contribution in [3.8, 4) is 0 Å². The Morgan fingerprint density at radius 2 is 1.57 bits per heavy atom. The second-order valence-corrected chi connectivity index (χ2v) is 6.20. The van der Waals surface area contributed by atoms with Gasteiger partial charge in [-0.25, -0.2) is 4.98 Å². The van der Waals surface area contributed by atoms with Gasteiger partial charge in [0.1, 0.15) is 5.82 Å². The molecule has 0 unspecified atom stereocenters. The highest BCUT2D eigenvalue weighted by Crippen LogP contribution is 2.14. The molecule has 1 heterocycles. The Hall–Kier alpha value is -3.67. The highest BCUT2D eigenvalue weighted by molar-refractivity contribution is 6.04. The van der Waals surface area contributed by atoms with Crippen molar-refractivity contribution < 1.29 is 9.59 Å². The second kappa shape index (κ2) is 9.32. The molecule has 2 amide bonds. The van der Waals surface area contributed by atoms with Crippen LogP contribution in [0.2, 0.25) is 0 Å². The Bertz CT molecular complexity index is 923. The summed E-state index contributed by atoms with van der Waals surface area (Å²) in [4.78, 5) is 28.1. The zero-order valence-electron chi connectivity index (χ0n) is 15.6. The Balaban J connectivity index is 1.54. The largest absolute Gasteiger partial charge is 0.366 e. The normalized spacial score (nSPS) is 10.2. The third kappa shape index (κ3) is 5.41. The minimum atomic E-state index is -0.236. The van der Waals surface area contributed by atoms with Crippen molar-refractivity contribution in [3.63, 3.8) is 0 Å². The minimum absolute atomic E-state index is 0.0655. The summed E-state index contributed by atoms with van der Waals surface area (Å²) in [5, 5.41) is 8.81. The first-order valence-corrected chi connectivity index (χ1v) is 9.09. The van der Waals surface area contributed by atoms with E-state index in [4.69, 9.17) is 0 Å². The van der Waals surface area contributed by atoms with Gasteiger partial charge in [-0.05, 0) is 42.0 Å². The average Bonchev–Trinajstić information content (AvgIpc) is 2.74. The van der Waals surface area contributed by atoms with Gasteiger partial charge in [0, 0.05) is 24.2 Å². The molecule has 0 saturated carbocycles. The summed E-state index contributed by atoms with van der Waals surface area (Å²) in [5.41, 5.74) is 2.94. The van der Waals surface area contributed by atoms with Gasteiger partial charge in [0.05, 0.1) is 11.9 Å². The number of amides is 2. The van der Waals surface area contributed by atoms with Crippen LogP contribution in [0.3, 0.4) is 0 Å². The molecule has 6 nitrogen and oxygen atoms in total. The number of carbonyl (C=O) groups excluding carboxylic acids is 2. The zero-order valence-corrected chi connectivity index (χ0v) is 15.6. The minimum Gasteiger partial charge on any atom is -0.366 e. The van der Waals surface area contributed by atoms with Crippen molar-refractivity contribution in [2.75, 3.05) is 16.0 Å². The number of pyridine rings is 1. The van der Waals surface area contributed by atoms with Crippen molar-refractivity contribution in [2.24, 2.45) is 0 Å². The number of carbonyl (C=O) groups is 2. The maximum Gasteiger partial charge on any atom is 0.255 e. The highest BCUT2D eigenvalue weighted by atomic mass is 16.2. The maximum atomic E-state index is 12.4. The highest BCUT2D eigenvalue weighted by Gasteiger charge is 2.07. The van der Waals surface area contributed by atoms with Crippen LogP contribution in [-0.4, -0.2) is 16.8 Å². The van der Waals surface area contributed by atoms with Gasteiger partial charge in [-0.3, -0.25) is 9.59 Å². The van der Waals surface area contributed by atoms with Crippen LogP contribution in [0.1, 0.15) is 29.3 Å². The van der Waals surface area contributed by atoms with Crippen LogP contribution in [0, 0.1) is 0 Å². The van der Waals surface area contributed by atoms with Gasteiger partial charge in [0.25, 0.3) is 5.91 Å². The smallest absolute Gasteiger partial charge is 0.255 e. The Morgan fingerprint density at radius 3 is 2.21 bits per heavy atom. The third-order valence-electron chi connectivity index (χ3n) is 4.09. The molecule has 0 spiro atoms. The van der Waals surface area contributed by atoms with Gasteiger partial charge in [-0.2, -0.15) is 0 Å². The summed E-state index contributed by atoms with van der Waals surface area (Å²) >= 11 is 0. The number of rotatable bonds is 7. The van der Waals surface area contributed by atoms with E-state index < -0.39 is 0 Å². The van der Waals surface area contributed by atoms with Gasteiger partial charge < -0.3 is 16.0 Å². The van der Waals surface area contributed by atoms with Crippen molar-refractivity contribution in [1.82, 2.24) is 4.98 Å². The SMILES string of the molecule is CCC(=O)Nc1ccc(C(=O)Nc2ccc(NCc3ccccc3)nc2)cc1. The number of nitrogens with zero attached hydrogens (tertiary/aromatic N) is 1. The van der Waals surface area contributed by atoms with Crippen molar-refractivity contribution in [3.05, 3.63) is 84.1 Å². The van der Waals surface area contributed by atoms with Crippen molar-refractivity contribution in [2.45, 2.75) is 19.9 Å². The molecule has 0 radical (unpaired) electrons. The van der Waals surface area contributed by atoms with Gasteiger partial charge in [-0.15, -0.1) is 0 Å². The van der Waals surface area contributed by atoms with Crippen molar-refractivity contribution >= 4 is 29.0 Å². The molecule has 0 saturated heterocycles. The van der Waals surface area contributed by atoms with E-state index in [0.717, 1.165) is 5.82 Å². The first kappa shape index (κ1) is 19.1. The molecule has 6 heteroatoms. The van der Waals surface area contributed by atoms with Crippen molar-refractivity contribution in [1.29, 1.82) is 0 Å². The van der Waals surface area contributed by atoms with Crippen LogP contribution >= 0.6 is 0 Å². The fourth-order valence-corrected chi connectivity index (χ4v) is 2.52. The van der Waals surface area contributed by atoms with Crippen LogP contribution in [0.25, 0.3) is 0 Å². The molecule has 0 aliphatic heterocycles. The van der Waals surface area contributed by atoms with Crippen LogP contribution in [0.15, 0.2) is 72.9 Å². The van der Waals surface area contributed by atoms with Crippen LogP contribution in [0.5, 0.6) is 0 Å². The van der Waals surface area contributed by atoms with E-state index in [1.54, 1.807) is 43.5 Å². The lowest BCUT2D eigenvalue weighted by atomic mass is 10.2. The van der Waals surface area contributed by atoms with E-state index in [1.165, 1.54) is 5.56 Å². The van der Waals surface area contributed by atoms with E-state index >= 15 is 0 Å². The quantitative estimate of drug-likeness (QED) is 0.576. The number of hydrogen-bond acceptors (Lipinski definition) is 4. The Morgan fingerprint density at radius 1 is 0.857 bits per heavy atom. The lowest BCUT2D eigenvalue weighted by Gasteiger charge is -2.09. The molecule has 28 heavy (non-hydrogen) atoms. The first-order chi connectivity index (χ1) is 13.6. The predicted molar refractivity (Wildman–Crippen MR) is 111 cm³/mol. The summed E-state index contributed by atoms with van der Waals surface area (Å²) in [5.74, 6) is 0.433. The van der Waals surface area contributed by atoms with Gasteiger partial charge in [0.2, 0.25) is 5.91 Å².